The predicted molar refractivity (Wildman–Crippen MR) is 128 cm³/mol. The molecule has 1 amide bonds. The monoisotopic (exact) mass is 452 g/mol. The number of piperidine rings is 2. The van der Waals surface area contributed by atoms with Gasteiger partial charge in [0, 0.05) is 67.5 Å². The molecule has 168 valence electrons. The van der Waals surface area contributed by atoms with E-state index in [0.29, 0.717) is 22.9 Å². The van der Waals surface area contributed by atoms with Crippen LogP contribution in [0.3, 0.4) is 0 Å². The fourth-order valence-electron chi connectivity index (χ4n) is 5.94. The van der Waals surface area contributed by atoms with Gasteiger partial charge in [0.1, 0.15) is 0 Å². The summed E-state index contributed by atoms with van der Waals surface area (Å²) in [6.07, 6.45) is 7.27. The second kappa shape index (κ2) is 8.87. The van der Waals surface area contributed by atoms with Crippen LogP contribution in [0.25, 0.3) is 12.2 Å². The maximum absolute atomic E-state index is 13.2. The van der Waals surface area contributed by atoms with E-state index in [2.05, 4.69) is 6.07 Å². The number of rotatable bonds is 3. The van der Waals surface area contributed by atoms with Crippen molar-refractivity contribution in [3.8, 4) is 0 Å². The van der Waals surface area contributed by atoms with Crippen LogP contribution in [-0.4, -0.2) is 47.6 Å². The molecule has 3 aliphatic rings. The van der Waals surface area contributed by atoms with Crippen molar-refractivity contribution in [3.05, 3.63) is 68.6 Å². The van der Waals surface area contributed by atoms with Crippen LogP contribution < -0.4 is 10.5 Å². The molecule has 1 N–H and O–H groups in total. The van der Waals surface area contributed by atoms with Crippen LogP contribution in [0.2, 0.25) is 5.02 Å². The SMILES string of the molecule is CC(=O)N1CCC([NH+]2C[C@@H]3C[C@H](C2)c2ccc(/C=C/c4ccc(Cl)cc4)c(=O)n2C3)CC1. The number of likely N-dealkylation sites (tertiary alicyclic amines) is 2. The van der Waals surface area contributed by atoms with Gasteiger partial charge in [0.2, 0.25) is 5.91 Å². The summed E-state index contributed by atoms with van der Waals surface area (Å²) in [4.78, 5) is 28.6. The molecule has 2 aromatic rings. The minimum absolute atomic E-state index is 0.126. The van der Waals surface area contributed by atoms with E-state index < -0.39 is 0 Å². The first-order valence-corrected chi connectivity index (χ1v) is 12.1. The van der Waals surface area contributed by atoms with Gasteiger partial charge < -0.3 is 14.4 Å². The molecule has 32 heavy (non-hydrogen) atoms. The minimum Gasteiger partial charge on any atom is -0.342 e. The lowest BCUT2D eigenvalue weighted by molar-refractivity contribution is -0.937. The molecule has 0 radical (unpaired) electrons. The number of amides is 1. The van der Waals surface area contributed by atoms with E-state index in [-0.39, 0.29) is 11.5 Å². The van der Waals surface area contributed by atoms with Gasteiger partial charge in [-0.3, -0.25) is 9.59 Å². The maximum Gasteiger partial charge on any atom is 0.258 e. The zero-order valence-corrected chi connectivity index (χ0v) is 19.4. The Bertz CT molecular complexity index is 1080. The highest BCUT2D eigenvalue weighted by Gasteiger charge is 2.40. The smallest absolute Gasteiger partial charge is 0.258 e. The Morgan fingerprint density at radius 3 is 2.53 bits per heavy atom. The molecule has 3 atom stereocenters. The largest absolute Gasteiger partial charge is 0.342 e. The standard InChI is InChI=1S/C26H30ClN3O2/c1-18(31)28-12-10-24(11-13-28)29-15-20-14-22(17-29)25-9-6-21(26(32)30(25)16-20)5-2-19-3-7-23(27)8-4-19/h2-9,20,22,24H,10-17H2,1H3/p+1/b5-2+/t20-,22+/m0/s1. The summed E-state index contributed by atoms with van der Waals surface area (Å²) in [5.41, 5.74) is 3.10. The van der Waals surface area contributed by atoms with Gasteiger partial charge in [0.25, 0.3) is 5.56 Å². The Kier molecular flexibility index (Phi) is 5.95. The van der Waals surface area contributed by atoms with Crippen molar-refractivity contribution >= 4 is 29.7 Å². The van der Waals surface area contributed by atoms with E-state index >= 15 is 0 Å². The summed E-state index contributed by atoms with van der Waals surface area (Å²) >= 11 is 5.96. The number of nitrogens with one attached hydrogen (secondary N) is 1. The number of hydrogen-bond acceptors (Lipinski definition) is 2. The van der Waals surface area contributed by atoms with Crippen LogP contribution >= 0.6 is 11.6 Å². The van der Waals surface area contributed by atoms with Crippen LogP contribution in [0, 0.1) is 5.92 Å². The number of carbonyl (C=O) groups excluding carboxylic acids is 1. The van der Waals surface area contributed by atoms with Crippen molar-refractivity contribution in [1.82, 2.24) is 9.47 Å². The Morgan fingerprint density at radius 1 is 1.06 bits per heavy atom. The molecule has 6 heteroatoms. The summed E-state index contributed by atoms with van der Waals surface area (Å²) in [5, 5.41) is 0.711. The van der Waals surface area contributed by atoms with Crippen molar-refractivity contribution in [1.29, 1.82) is 0 Å². The summed E-state index contributed by atoms with van der Waals surface area (Å²) in [6, 6.07) is 12.4. The molecule has 5 rings (SSSR count). The molecule has 2 bridgehead atoms. The number of halogens is 1. The number of pyridine rings is 1. The third-order valence-corrected chi connectivity index (χ3v) is 7.87. The summed E-state index contributed by atoms with van der Waals surface area (Å²) in [6.45, 7) is 6.50. The summed E-state index contributed by atoms with van der Waals surface area (Å²) in [5.74, 6) is 1.20. The Morgan fingerprint density at radius 2 is 1.81 bits per heavy atom. The molecule has 5 nitrogen and oxygen atoms in total. The number of fused-ring (bicyclic) bond motifs is 4. The number of quaternary nitrogens is 1. The van der Waals surface area contributed by atoms with Gasteiger partial charge >= 0.3 is 0 Å². The Balaban J connectivity index is 1.32. The van der Waals surface area contributed by atoms with Crippen LogP contribution in [0.1, 0.15) is 48.9 Å². The topological polar surface area (TPSA) is 46.8 Å². The highest BCUT2D eigenvalue weighted by Crippen LogP contribution is 2.31. The Hall–Kier alpha value is -2.37. The molecule has 1 unspecified atom stereocenters. The van der Waals surface area contributed by atoms with Crippen molar-refractivity contribution in [3.63, 3.8) is 0 Å². The van der Waals surface area contributed by atoms with Crippen molar-refractivity contribution < 1.29 is 9.69 Å². The molecule has 4 heterocycles. The van der Waals surface area contributed by atoms with E-state index in [0.717, 1.165) is 56.7 Å². The molecule has 2 fully saturated rings. The number of nitrogens with zero attached hydrogens (tertiary/aromatic N) is 2. The number of aromatic nitrogens is 1. The van der Waals surface area contributed by atoms with E-state index in [1.165, 1.54) is 12.1 Å². The lowest BCUT2D eigenvalue weighted by atomic mass is 9.81. The molecule has 3 aliphatic heterocycles. The fraction of sp³-hybridized carbons (Fsp3) is 0.462. The minimum atomic E-state index is 0.126. The highest BCUT2D eigenvalue weighted by molar-refractivity contribution is 6.30. The summed E-state index contributed by atoms with van der Waals surface area (Å²) < 4.78 is 2.04. The molecule has 1 aromatic heterocycles. The van der Waals surface area contributed by atoms with E-state index in [1.807, 2.05) is 52.0 Å². The van der Waals surface area contributed by atoms with Gasteiger partial charge in [0.05, 0.1) is 19.1 Å². The zero-order valence-electron chi connectivity index (χ0n) is 18.6. The number of hydrogen-bond donors (Lipinski definition) is 1. The van der Waals surface area contributed by atoms with Gasteiger partial charge in [-0.2, -0.15) is 0 Å². The van der Waals surface area contributed by atoms with Gasteiger partial charge in [-0.05, 0) is 42.3 Å². The summed E-state index contributed by atoms with van der Waals surface area (Å²) in [7, 11) is 0. The molecule has 0 spiro atoms. The zero-order chi connectivity index (χ0) is 22.2. The third-order valence-electron chi connectivity index (χ3n) is 7.62. The molecular weight excluding hydrogens is 422 g/mol. The third kappa shape index (κ3) is 4.28. The van der Waals surface area contributed by atoms with Crippen LogP contribution in [0.4, 0.5) is 0 Å². The first-order valence-electron chi connectivity index (χ1n) is 11.8. The van der Waals surface area contributed by atoms with Gasteiger partial charge in [-0.25, -0.2) is 0 Å². The van der Waals surface area contributed by atoms with Crippen LogP contribution in [-0.2, 0) is 11.3 Å². The lowest BCUT2D eigenvalue weighted by Gasteiger charge is -2.45. The normalized spacial score (nSPS) is 25.7. The van der Waals surface area contributed by atoms with Crippen molar-refractivity contribution in [2.75, 3.05) is 26.2 Å². The number of benzene rings is 1. The first kappa shape index (κ1) is 21.5. The van der Waals surface area contributed by atoms with Gasteiger partial charge in [-0.1, -0.05) is 29.8 Å². The molecule has 0 aliphatic carbocycles. The van der Waals surface area contributed by atoms with Crippen molar-refractivity contribution in [2.24, 2.45) is 5.92 Å². The lowest BCUT2D eigenvalue weighted by Crippen LogP contribution is -3.18. The van der Waals surface area contributed by atoms with Crippen molar-refractivity contribution in [2.45, 2.75) is 44.7 Å². The molecule has 1 aromatic carbocycles. The fourth-order valence-corrected chi connectivity index (χ4v) is 6.07. The average molecular weight is 453 g/mol. The van der Waals surface area contributed by atoms with Crippen LogP contribution in [0.15, 0.2) is 41.2 Å². The van der Waals surface area contributed by atoms with Gasteiger partial charge in [0.15, 0.2) is 0 Å². The highest BCUT2D eigenvalue weighted by atomic mass is 35.5. The number of carbonyl (C=O) groups is 1. The van der Waals surface area contributed by atoms with E-state index in [9.17, 15) is 9.59 Å². The molecule has 2 saturated heterocycles. The molecule has 0 saturated carbocycles. The molecular formula is C26H31ClN3O2+. The predicted octanol–water partition coefficient (Wildman–Crippen LogP) is 2.69. The van der Waals surface area contributed by atoms with E-state index in [4.69, 9.17) is 11.6 Å². The van der Waals surface area contributed by atoms with Gasteiger partial charge in [-0.15, -0.1) is 0 Å². The average Bonchev–Trinajstić information content (AvgIpc) is 2.80. The van der Waals surface area contributed by atoms with Crippen LogP contribution in [0.5, 0.6) is 0 Å². The Labute approximate surface area is 194 Å². The first-order chi connectivity index (χ1) is 15.5. The van der Waals surface area contributed by atoms with E-state index in [1.54, 1.807) is 11.8 Å². The maximum atomic E-state index is 13.2. The second-order valence-corrected chi connectivity index (χ2v) is 10.1. The second-order valence-electron chi connectivity index (χ2n) is 9.66. The quantitative estimate of drug-likeness (QED) is 0.778.